The van der Waals surface area contributed by atoms with Crippen LogP contribution in [0, 0.1) is 0 Å². The third-order valence-electron chi connectivity index (χ3n) is 14.4. The van der Waals surface area contributed by atoms with Crippen molar-refractivity contribution in [2.45, 2.75) is 26.2 Å². The van der Waals surface area contributed by atoms with Gasteiger partial charge < -0.3 is 13.8 Å². The highest BCUT2D eigenvalue weighted by Crippen LogP contribution is 2.49. The average molecular weight is 863 g/mol. The first-order chi connectivity index (χ1) is 32.4. The number of para-hydroxylation sites is 2. The topological polar surface area (TPSA) is 39.1 Å². The van der Waals surface area contributed by atoms with Crippen LogP contribution in [-0.2, 0) is 5.41 Å². The van der Waals surface area contributed by atoms with Crippen molar-refractivity contribution in [3.63, 3.8) is 0 Å². The normalized spacial score (nSPS) is 13.3. The van der Waals surface area contributed by atoms with Crippen LogP contribution in [0.3, 0.4) is 0 Å². The highest BCUT2D eigenvalue weighted by atomic mass is 32.1. The molecule has 0 saturated carbocycles. The van der Waals surface area contributed by atoms with Crippen LogP contribution < -0.4 is 15.7 Å². The first-order valence-corrected chi connectivity index (χ1v) is 23.6. The second-order valence-corrected chi connectivity index (χ2v) is 20.2. The van der Waals surface area contributed by atoms with E-state index in [4.69, 9.17) is 9.40 Å². The van der Waals surface area contributed by atoms with Crippen molar-refractivity contribution < 1.29 is 4.42 Å². The predicted octanol–water partition coefficient (Wildman–Crippen LogP) is 14.6. The molecule has 7 heteroatoms. The Bertz CT molecular complexity index is 4210. The van der Waals surface area contributed by atoms with Gasteiger partial charge in [0.05, 0.1) is 22.1 Å². The smallest absolute Gasteiger partial charge is 0.333 e. The van der Waals surface area contributed by atoms with E-state index in [9.17, 15) is 0 Å². The Morgan fingerprint density at radius 3 is 2.09 bits per heavy atom. The van der Waals surface area contributed by atoms with Crippen molar-refractivity contribution in [2.75, 3.05) is 4.81 Å². The van der Waals surface area contributed by atoms with Crippen molar-refractivity contribution in [1.29, 1.82) is 0 Å². The molecule has 2 aliphatic rings. The summed E-state index contributed by atoms with van der Waals surface area (Å²) in [5, 5.41) is 7.35. The van der Waals surface area contributed by atoms with Gasteiger partial charge in [-0.15, -0.1) is 11.3 Å². The van der Waals surface area contributed by atoms with Gasteiger partial charge in [-0.3, -0.25) is 4.57 Å². The molecule has 310 valence electrons. The summed E-state index contributed by atoms with van der Waals surface area (Å²) in [6, 6.07) is 67.2. The zero-order valence-corrected chi connectivity index (χ0v) is 37.3. The van der Waals surface area contributed by atoms with Gasteiger partial charge in [-0.2, -0.15) is 0 Å². The van der Waals surface area contributed by atoms with Crippen molar-refractivity contribution in [3.8, 4) is 33.9 Å². The molecule has 9 aromatic carbocycles. The minimum Gasteiger partial charge on any atom is -0.456 e. The summed E-state index contributed by atoms with van der Waals surface area (Å²) in [5.41, 5.74) is 18.2. The van der Waals surface area contributed by atoms with Gasteiger partial charge >= 0.3 is 6.85 Å². The molecule has 0 N–H and O–H groups in total. The minimum absolute atomic E-state index is 0.01000. The second-order valence-electron chi connectivity index (χ2n) is 19.1. The van der Waals surface area contributed by atoms with Crippen molar-refractivity contribution >= 4 is 115 Å². The third kappa shape index (κ3) is 4.87. The number of anilines is 2. The van der Waals surface area contributed by atoms with Gasteiger partial charge in [-0.25, -0.2) is 4.98 Å². The lowest BCUT2D eigenvalue weighted by molar-refractivity contribution is 0.590. The number of benzene rings is 9. The average Bonchev–Trinajstić information content (AvgIpc) is 4.10. The van der Waals surface area contributed by atoms with E-state index in [2.05, 4.69) is 217 Å². The van der Waals surface area contributed by atoms with E-state index in [0.29, 0.717) is 0 Å². The third-order valence-corrected chi connectivity index (χ3v) is 15.6. The number of thiophene rings is 1. The van der Waals surface area contributed by atoms with E-state index in [-0.39, 0.29) is 12.3 Å². The standard InChI is InChI=1S/C59H39BN4OS/c1-59(2,3)35-22-24-37(25-23-35)64-49-28-44-38-18-10-12-20-52(38)65-53(44)30-42(49)40-26-27-41-43-31-55-45(39-19-11-13-21-54(39)66-55)29-48(43)63-50-33-51-47(32-46(50)60(64)56(40)57(41)63)61-58(34-14-6-4-7-15-34)62(51)36-16-8-5-9-17-36/h4-33H,1-3H3. The van der Waals surface area contributed by atoms with E-state index in [1.54, 1.807) is 0 Å². The fourth-order valence-corrected chi connectivity index (χ4v) is 12.5. The lowest BCUT2D eigenvalue weighted by Gasteiger charge is -2.42. The summed E-state index contributed by atoms with van der Waals surface area (Å²) in [6.07, 6.45) is 0. The van der Waals surface area contributed by atoms with Crippen molar-refractivity contribution in [3.05, 3.63) is 188 Å². The predicted molar refractivity (Wildman–Crippen MR) is 279 cm³/mol. The maximum Gasteiger partial charge on any atom is 0.333 e. The zero-order chi connectivity index (χ0) is 43.6. The lowest BCUT2D eigenvalue weighted by atomic mass is 9.44. The van der Waals surface area contributed by atoms with Crippen LogP contribution >= 0.6 is 11.3 Å². The molecular formula is C59H39BN4OS. The van der Waals surface area contributed by atoms with E-state index < -0.39 is 0 Å². The largest absolute Gasteiger partial charge is 0.456 e. The highest BCUT2D eigenvalue weighted by Gasteiger charge is 2.45. The van der Waals surface area contributed by atoms with Gasteiger partial charge in [0.2, 0.25) is 0 Å². The highest BCUT2D eigenvalue weighted by molar-refractivity contribution is 7.25. The quantitative estimate of drug-likeness (QED) is 0.166. The molecule has 0 radical (unpaired) electrons. The van der Waals surface area contributed by atoms with Crippen LogP contribution in [0.1, 0.15) is 26.3 Å². The van der Waals surface area contributed by atoms with E-state index in [1.807, 2.05) is 11.3 Å². The van der Waals surface area contributed by atoms with Crippen LogP contribution in [0.15, 0.2) is 186 Å². The van der Waals surface area contributed by atoms with Crippen molar-refractivity contribution in [1.82, 2.24) is 14.1 Å². The number of furan rings is 1. The molecular weight excluding hydrogens is 824 g/mol. The van der Waals surface area contributed by atoms with Crippen LogP contribution in [0.25, 0.3) is 109 Å². The zero-order valence-electron chi connectivity index (χ0n) is 36.5. The number of imidazole rings is 1. The fourth-order valence-electron chi connectivity index (χ4n) is 11.4. The van der Waals surface area contributed by atoms with Crippen molar-refractivity contribution in [2.24, 2.45) is 0 Å². The summed E-state index contributed by atoms with van der Waals surface area (Å²) in [5.74, 6) is 0.921. The number of fused-ring (bicyclic) bond motifs is 15. The lowest BCUT2D eigenvalue weighted by Crippen LogP contribution is -2.60. The van der Waals surface area contributed by atoms with Gasteiger partial charge in [-0.1, -0.05) is 130 Å². The molecule has 4 aromatic heterocycles. The summed E-state index contributed by atoms with van der Waals surface area (Å²) < 4.78 is 14.2. The molecule has 0 bridgehead atoms. The van der Waals surface area contributed by atoms with E-state index >= 15 is 0 Å². The second kappa shape index (κ2) is 12.9. The Kier molecular flexibility index (Phi) is 7.13. The number of aromatic nitrogens is 3. The van der Waals surface area contributed by atoms with Gasteiger partial charge in [0.15, 0.2) is 0 Å². The van der Waals surface area contributed by atoms with Crippen LogP contribution in [0.2, 0.25) is 0 Å². The van der Waals surface area contributed by atoms with Gasteiger partial charge in [-0.05, 0) is 100 Å². The molecule has 0 unspecified atom stereocenters. The first-order valence-electron chi connectivity index (χ1n) is 22.8. The van der Waals surface area contributed by atoms with Gasteiger partial charge in [0.25, 0.3) is 0 Å². The molecule has 0 saturated heterocycles. The Morgan fingerprint density at radius 2 is 1.27 bits per heavy atom. The van der Waals surface area contributed by atoms with E-state index in [1.165, 1.54) is 75.3 Å². The van der Waals surface area contributed by atoms with Crippen LogP contribution in [0.4, 0.5) is 11.4 Å². The molecule has 66 heavy (non-hydrogen) atoms. The number of rotatable bonds is 3. The molecule has 0 aliphatic carbocycles. The van der Waals surface area contributed by atoms with Gasteiger partial charge in [0, 0.05) is 75.6 Å². The maximum absolute atomic E-state index is 6.66. The molecule has 13 aromatic rings. The molecule has 0 amide bonds. The monoisotopic (exact) mass is 862 g/mol. The maximum atomic E-state index is 6.66. The number of hydrogen-bond acceptors (Lipinski definition) is 4. The Balaban J connectivity index is 1.12. The molecule has 6 heterocycles. The van der Waals surface area contributed by atoms with E-state index in [0.717, 1.165) is 61.4 Å². The number of nitrogens with zero attached hydrogens (tertiary/aromatic N) is 4. The fraction of sp³-hybridized carbons (Fsp3) is 0.0678. The minimum atomic E-state index is -0.174. The molecule has 15 rings (SSSR count). The Labute approximate surface area is 384 Å². The summed E-state index contributed by atoms with van der Waals surface area (Å²) in [4.78, 5) is 8.19. The molecule has 5 nitrogen and oxygen atoms in total. The molecule has 2 aliphatic heterocycles. The summed E-state index contributed by atoms with van der Waals surface area (Å²) >= 11 is 1.88. The Hall–Kier alpha value is -7.87. The number of hydrogen-bond donors (Lipinski definition) is 0. The molecule has 0 spiro atoms. The van der Waals surface area contributed by atoms with Gasteiger partial charge in [0.1, 0.15) is 17.0 Å². The SMILES string of the molecule is CC(C)(C)c1ccc(N2B3c4cc5nc(-c6ccccc6)n(-c6ccccc6)c5cc4-n4c5cc6c(cc5c5ccc(c3c54)-c3cc4oc5ccccc5c4cc32)sc2ccccc26)cc1. The Morgan fingerprint density at radius 1 is 0.515 bits per heavy atom. The summed E-state index contributed by atoms with van der Waals surface area (Å²) in [7, 11) is 0. The molecule has 0 fully saturated rings. The van der Waals surface area contributed by atoms with Crippen LogP contribution in [-0.4, -0.2) is 21.0 Å². The van der Waals surface area contributed by atoms with Crippen LogP contribution in [0.5, 0.6) is 0 Å². The molecule has 0 atom stereocenters. The summed E-state index contributed by atoms with van der Waals surface area (Å²) in [6.45, 7) is 6.70. The first kappa shape index (κ1) is 36.5.